The Kier molecular flexibility index (Phi) is 1.09. The molecule has 6 heteroatoms. The highest BCUT2D eigenvalue weighted by molar-refractivity contribution is 5.03. The van der Waals surface area contributed by atoms with Gasteiger partial charge in [-0.15, -0.1) is 5.10 Å². The predicted octanol–water partition coefficient (Wildman–Crippen LogP) is -1.13. The molecule has 0 atom stereocenters. The van der Waals surface area contributed by atoms with E-state index in [-0.39, 0.29) is 5.82 Å². The van der Waals surface area contributed by atoms with Crippen LogP contribution < -0.4 is 0 Å². The van der Waals surface area contributed by atoms with E-state index in [0.29, 0.717) is 4.80 Å². The molecule has 0 saturated heterocycles. The zero-order chi connectivity index (χ0) is 6.69. The summed E-state index contributed by atoms with van der Waals surface area (Å²) in [6.07, 6.45) is 1.56. The van der Waals surface area contributed by atoms with Gasteiger partial charge in [0.05, 0.1) is 0 Å². The molecule has 0 aliphatic rings. The van der Waals surface area contributed by atoms with Gasteiger partial charge in [0.1, 0.15) is 6.07 Å². The van der Waals surface area contributed by atoms with E-state index < -0.39 is 0 Å². The van der Waals surface area contributed by atoms with Gasteiger partial charge in [-0.1, -0.05) is 9.90 Å². The molecule has 0 amide bonds. The minimum atomic E-state index is -0.100. The average Bonchev–Trinajstić information content (AvgIpc) is 2.34. The summed E-state index contributed by atoms with van der Waals surface area (Å²) in [6, 6.07) is 1.62. The minimum Gasteiger partial charge on any atom is -0.189 e. The maximum absolute atomic E-state index is 8.11. The van der Waals surface area contributed by atoms with Gasteiger partial charge in [-0.3, -0.25) is 0 Å². The maximum Gasteiger partial charge on any atom is 0.275 e. The first-order valence-corrected chi connectivity index (χ1v) is 1.97. The van der Waals surface area contributed by atoms with E-state index in [9.17, 15) is 0 Å². The molecule has 0 unspecified atom stereocenters. The average molecular weight is 120 g/mol. The molecule has 0 radical (unpaired) electrons. The van der Waals surface area contributed by atoms with Crippen LogP contribution in [0, 0.1) is 22.8 Å². The van der Waals surface area contributed by atoms with Crippen LogP contribution in [0.5, 0.6) is 0 Å². The molecule has 0 N–H and O–H groups in total. The van der Waals surface area contributed by atoms with Crippen molar-refractivity contribution in [3.8, 4) is 12.3 Å². The third kappa shape index (κ3) is 0.813. The Hall–Kier alpha value is -1.95. The highest BCUT2D eigenvalue weighted by atomic mass is 15.6. The lowest BCUT2D eigenvalue weighted by Gasteiger charge is -1.68. The van der Waals surface area contributed by atoms with E-state index in [0.717, 1.165) is 0 Å². The second-order valence-corrected chi connectivity index (χ2v) is 1.11. The second kappa shape index (κ2) is 1.88. The van der Waals surface area contributed by atoms with Crippen LogP contribution in [0.25, 0.3) is 0 Å². The van der Waals surface area contributed by atoms with Gasteiger partial charge < -0.3 is 0 Å². The van der Waals surface area contributed by atoms with Crippen molar-refractivity contribution < 1.29 is 0 Å². The summed E-state index contributed by atoms with van der Waals surface area (Å²) in [7, 11) is 0. The lowest BCUT2D eigenvalue weighted by atomic mass is 10.7. The minimum absolute atomic E-state index is 0.100. The number of tetrazole rings is 1. The smallest absolute Gasteiger partial charge is 0.189 e. The summed E-state index contributed by atoms with van der Waals surface area (Å²) in [5, 5.41) is 25.9. The quantitative estimate of drug-likeness (QED) is 0.432. The third-order valence-corrected chi connectivity index (χ3v) is 0.603. The van der Waals surface area contributed by atoms with E-state index in [2.05, 4.69) is 15.4 Å². The molecule has 6 nitrogen and oxygen atoms in total. The Morgan fingerprint density at radius 1 is 1.44 bits per heavy atom. The Morgan fingerprint density at radius 3 is 2.56 bits per heavy atom. The Bertz CT molecular complexity index is 255. The fourth-order valence-electron chi connectivity index (χ4n) is 0.302. The lowest BCUT2D eigenvalue weighted by molar-refractivity contribution is 0.733. The van der Waals surface area contributed by atoms with Crippen molar-refractivity contribution >= 4 is 0 Å². The molecule has 1 heterocycles. The largest absolute Gasteiger partial charge is 0.275 e. The number of hydrogen-bond donors (Lipinski definition) is 0. The first-order chi connectivity index (χ1) is 4.36. The molecule has 0 aliphatic heterocycles. The zero-order valence-corrected chi connectivity index (χ0v) is 4.18. The number of hydrogen-bond acceptors (Lipinski definition) is 5. The molecule has 0 aliphatic carbocycles. The number of rotatable bonds is 0. The van der Waals surface area contributed by atoms with E-state index in [1.54, 1.807) is 12.3 Å². The summed E-state index contributed by atoms with van der Waals surface area (Å²) < 4.78 is 0. The summed E-state index contributed by atoms with van der Waals surface area (Å²) in [4.78, 5) is 0.665. The fourth-order valence-corrected chi connectivity index (χ4v) is 0.302. The van der Waals surface area contributed by atoms with Crippen molar-refractivity contribution in [2.75, 3.05) is 0 Å². The molecule has 1 rings (SSSR count). The van der Waals surface area contributed by atoms with E-state index in [4.69, 9.17) is 10.5 Å². The Labute approximate surface area is 49.9 Å². The molecular formula is C3N6. The highest BCUT2D eigenvalue weighted by Crippen LogP contribution is 1.77. The van der Waals surface area contributed by atoms with Crippen LogP contribution in [0.15, 0.2) is 0 Å². The van der Waals surface area contributed by atoms with Crippen LogP contribution in [0.2, 0.25) is 0 Å². The molecule has 0 bridgehead atoms. The third-order valence-electron chi connectivity index (χ3n) is 0.603. The van der Waals surface area contributed by atoms with Crippen LogP contribution in [-0.4, -0.2) is 20.2 Å². The fraction of sp³-hybridized carbons (Fsp3) is 0. The van der Waals surface area contributed by atoms with Crippen molar-refractivity contribution in [1.29, 1.82) is 10.5 Å². The SMILES string of the molecule is N#Cc1nnn(C#N)n1. The number of nitriles is 2. The van der Waals surface area contributed by atoms with Crippen LogP contribution in [-0.2, 0) is 0 Å². The van der Waals surface area contributed by atoms with Gasteiger partial charge >= 0.3 is 0 Å². The zero-order valence-electron chi connectivity index (χ0n) is 4.18. The summed E-state index contributed by atoms with van der Waals surface area (Å²) in [6.45, 7) is 0. The molecule has 42 valence electrons. The molecule has 0 fully saturated rings. The number of aromatic nitrogens is 4. The molecule has 1 aromatic rings. The predicted molar refractivity (Wildman–Crippen MR) is 23.5 cm³/mol. The van der Waals surface area contributed by atoms with Crippen molar-refractivity contribution in [3.05, 3.63) is 5.82 Å². The van der Waals surface area contributed by atoms with Crippen molar-refractivity contribution in [3.63, 3.8) is 0 Å². The summed E-state index contributed by atoms with van der Waals surface area (Å²) >= 11 is 0. The standard InChI is InChI=1S/C3N6/c4-1-3-6-8-9(2-5)7-3. The van der Waals surface area contributed by atoms with E-state index in [1.165, 1.54) is 0 Å². The highest BCUT2D eigenvalue weighted by Gasteiger charge is 1.96. The lowest BCUT2D eigenvalue weighted by Crippen LogP contribution is -1.92. The van der Waals surface area contributed by atoms with Gasteiger partial charge in [0, 0.05) is 0 Å². The van der Waals surface area contributed by atoms with Crippen LogP contribution in [0.3, 0.4) is 0 Å². The summed E-state index contributed by atoms with van der Waals surface area (Å²) in [5.41, 5.74) is 0. The second-order valence-electron chi connectivity index (χ2n) is 1.11. The van der Waals surface area contributed by atoms with Gasteiger partial charge in [0.25, 0.3) is 5.82 Å². The van der Waals surface area contributed by atoms with Gasteiger partial charge in [-0.2, -0.15) is 10.5 Å². The molecule has 0 saturated carbocycles. The topological polar surface area (TPSA) is 91.2 Å². The molecule has 1 aromatic heterocycles. The van der Waals surface area contributed by atoms with Crippen LogP contribution in [0.1, 0.15) is 5.82 Å². The maximum atomic E-state index is 8.11. The van der Waals surface area contributed by atoms with Gasteiger partial charge in [-0.05, 0) is 5.21 Å². The first-order valence-electron chi connectivity index (χ1n) is 1.97. The van der Waals surface area contributed by atoms with Crippen LogP contribution >= 0.6 is 0 Å². The Balaban J connectivity index is 3.08. The van der Waals surface area contributed by atoms with Gasteiger partial charge in [-0.25, -0.2) is 0 Å². The molecular weight excluding hydrogens is 120 g/mol. The molecule has 0 aromatic carbocycles. The summed E-state index contributed by atoms with van der Waals surface area (Å²) in [5.74, 6) is -0.100. The van der Waals surface area contributed by atoms with Crippen molar-refractivity contribution in [2.45, 2.75) is 0 Å². The van der Waals surface area contributed by atoms with Crippen molar-refractivity contribution in [1.82, 2.24) is 20.2 Å². The molecule has 9 heavy (non-hydrogen) atoms. The van der Waals surface area contributed by atoms with E-state index >= 15 is 0 Å². The van der Waals surface area contributed by atoms with Crippen molar-refractivity contribution in [2.24, 2.45) is 0 Å². The molecule has 0 spiro atoms. The van der Waals surface area contributed by atoms with Gasteiger partial charge in [0.15, 0.2) is 0 Å². The number of nitrogens with zero attached hydrogens (tertiary/aromatic N) is 6. The van der Waals surface area contributed by atoms with Gasteiger partial charge in [0.2, 0.25) is 6.19 Å². The Morgan fingerprint density at radius 2 is 2.22 bits per heavy atom. The van der Waals surface area contributed by atoms with Crippen LogP contribution in [0.4, 0.5) is 0 Å². The monoisotopic (exact) mass is 120 g/mol. The van der Waals surface area contributed by atoms with E-state index in [1.807, 2.05) is 0 Å². The first kappa shape index (κ1) is 5.19. The normalized spacial score (nSPS) is 7.78.